The van der Waals surface area contributed by atoms with Gasteiger partial charge in [-0.1, -0.05) is 47.8 Å². The van der Waals surface area contributed by atoms with Gasteiger partial charge in [0.1, 0.15) is 5.54 Å². The number of Topliss-reactive ketones (excluding diaryl/α,β-unsaturated/α-hetero) is 2. The van der Waals surface area contributed by atoms with Gasteiger partial charge in [-0.2, -0.15) is 0 Å². The van der Waals surface area contributed by atoms with Crippen LogP contribution in [-0.4, -0.2) is 34.2 Å². The van der Waals surface area contributed by atoms with Crippen molar-refractivity contribution in [3.8, 4) is 0 Å². The van der Waals surface area contributed by atoms with Crippen LogP contribution >= 0.6 is 23.2 Å². The van der Waals surface area contributed by atoms with Gasteiger partial charge in [-0.25, -0.2) is 0 Å². The van der Waals surface area contributed by atoms with Gasteiger partial charge < -0.3 is 16.2 Å². The summed E-state index contributed by atoms with van der Waals surface area (Å²) in [7, 11) is 0. The topological polar surface area (TPSA) is 109 Å². The standard InChI is InChI=1S/C23H22Cl2N2O4/c24-12-8-9-13(16(25)10-12)21(29)19(28)11-23(26,22(30)31)20-14-4-1-2-6-17(14)27-18-7-3-5-15(18)20/h1-2,4,6,8-10,15,18,20,27H,3,5,7,11,26H2,(H,30,31)/t15-,18+,20?,23?/m0/s1. The summed E-state index contributed by atoms with van der Waals surface area (Å²) in [5.41, 5.74) is 6.15. The third-order valence-electron chi connectivity index (χ3n) is 6.47. The fourth-order valence-corrected chi connectivity index (χ4v) is 5.54. The summed E-state index contributed by atoms with van der Waals surface area (Å²) in [6.07, 6.45) is 2.02. The van der Waals surface area contributed by atoms with Crippen molar-refractivity contribution in [1.29, 1.82) is 0 Å². The summed E-state index contributed by atoms with van der Waals surface area (Å²) >= 11 is 11.9. The third-order valence-corrected chi connectivity index (χ3v) is 7.02. The van der Waals surface area contributed by atoms with Crippen LogP contribution in [0, 0.1) is 5.92 Å². The van der Waals surface area contributed by atoms with Gasteiger partial charge in [0.05, 0.1) is 5.02 Å². The lowest BCUT2D eigenvalue weighted by Gasteiger charge is -2.44. The normalized spacial score (nSPS) is 23.8. The van der Waals surface area contributed by atoms with Crippen LogP contribution in [0.4, 0.5) is 5.69 Å². The molecule has 4 N–H and O–H groups in total. The number of anilines is 1. The van der Waals surface area contributed by atoms with E-state index in [9.17, 15) is 19.5 Å². The fourth-order valence-electron chi connectivity index (χ4n) is 5.04. The molecule has 1 aliphatic carbocycles. The molecule has 1 fully saturated rings. The third kappa shape index (κ3) is 3.84. The van der Waals surface area contributed by atoms with Gasteiger partial charge in [0, 0.05) is 34.7 Å². The number of hydrogen-bond donors (Lipinski definition) is 3. The zero-order valence-electron chi connectivity index (χ0n) is 16.6. The van der Waals surface area contributed by atoms with Crippen molar-refractivity contribution in [2.24, 2.45) is 11.7 Å². The Morgan fingerprint density at radius 1 is 1.13 bits per heavy atom. The lowest BCUT2D eigenvalue weighted by atomic mass is 9.66. The van der Waals surface area contributed by atoms with Crippen molar-refractivity contribution >= 4 is 46.4 Å². The number of carboxylic acids is 1. The monoisotopic (exact) mass is 460 g/mol. The number of carbonyl (C=O) groups excluding carboxylic acids is 2. The second kappa shape index (κ2) is 8.26. The molecule has 1 heterocycles. The van der Waals surface area contributed by atoms with E-state index in [1.807, 2.05) is 24.3 Å². The Kier molecular flexibility index (Phi) is 5.81. The van der Waals surface area contributed by atoms with Gasteiger partial charge in [0.2, 0.25) is 11.6 Å². The first-order valence-electron chi connectivity index (χ1n) is 10.1. The molecule has 0 aromatic heterocycles. The maximum atomic E-state index is 12.9. The van der Waals surface area contributed by atoms with E-state index in [1.165, 1.54) is 18.2 Å². The van der Waals surface area contributed by atoms with Gasteiger partial charge in [0.15, 0.2) is 0 Å². The second-order valence-corrected chi connectivity index (χ2v) is 9.15. The van der Waals surface area contributed by atoms with Crippen molar-refractivity contribution in [2.75, 3.05) is 5.32 Å². The molecule has 0 radical (unpaired) electrons. The Balaban J connectivity index is 1.71. The summed E-state index contributed by atoms with van der Waals surface area (Å²) in [5, 5.41) is 14.0. The smallest absolute Gasteiger partial charge is 0.324 e. The highest BCUT2D eigenvalue weighted by Gasteiger charge is 2.53. The minimum absolute atomic E-state index is 0.0201. The Morgan fingerprint density at radius 3 is 2.58 bits per heavy atom. The van der Waals surface area contributed by atoms with Crippen LogP contribution in [-0.2, 0) is 9.59 Å². The Morgan fingerprint density at radius 2 is 1.87 bits per heavy atom. The first-order chi connectivity index (χ1) is 14.7. The number of rotatable bonds is 6. The number of nitrogens with two attached hydrogens (primary N) is 1. The van der Waals surface area contributed by atoms with Crippen molar-refractivity contribution in [3.05, 3.63) is 63.6 Å². The van der Waals surface area contributed by atoms with Crippen molar-refractivity contribution in [1.82, 2.24) is 0 Å². The maximum absolute atomic E-state index is 12.9. The number of nitrogens with one attached hydrogen (secondary N) is 1. The molecule has 1 aliphatic heterocycles. The number of ketones is 2. The predicted molar refractivity (Wildman–Crippen MR) is 119 cm³/mol. The molecule has 4 rings (SSSR count). The van der Waals surface area contributed by atoms with E-state index < -0.39 is 35.4 Å². The molecule has 8 heteroatoms. The highest BCUT2D eigenvalue weighted by atomic mass is 35.5. The Bertz CT molecular complexity index is 1070. The largest absolute Gasteiger partial charge is 0.480 e. The zero-order chi connectivity index (χ0) is 22.3. The van der Waals surface area contributed by atoms with E-state index in [4.69, 9.17) is 28.9 Å². The summed E-state index contributed by atoms with van der Waals surface area (Å²) in [6, 6.07) is 11.7. The van der Waals surface area contributed by atoms with E-state index in [0.29, 0.717) is 5.02 Å². The first kappa shape index (κ1) is 21.8. The molecular formula is C23H22Cl2N2O4. The molecular weight excluding hydrogens is 439 g/mol. The molecule has 0 bridgehead atoms. The summed E-state index contributed by atoms with van der Waals surface area (Å²) in [4.78, 5) is 38.2. The molecule has 0 amide bonds. The van der Waals surface area contributed by atoms with Crippen molar-refractivity contribution < 1.29 is 19.5 Å². The number of fused-ring (bicyclic) bond motifs is 2. The summed E-state index contributed by atoms with van der Waals surface area (Å²) in [5.74, 6) is -3.71. The van der Waals surface area contributed by atoms with E-state index >= 15 is 0 Å². The van der Waals surface area contributed by atoms with Crippen LogP contribution in [0.5, 0.6) is 0 Å². The number of para-hydroxylation sites is 1. The average Bonchev–Trinajstić information content (AvgIpc) is 3.19. The van der Waals surface area contributed by atoms with Crippen LogP contribution in [0.2, 0.25) is 10.0 Å². The lowest BCUT2D eigenvalue weighted by molar-refractivity contribution is -0.146. The quantitative estimate of drug-likeness (QED) is 0.437. The number of halogens is 2. The molecule has 0 spiro atoms. The van der Waals surface area contributed by atoms with Crippen LogP contribution in [0.25, 0.3) is 0 Å². The second-order valence-electron chi connectivity index (χ2n) is 8.31. The zero-order valence-corrected chi connectivity index (χ0v) is 18.1. The van der Waals surface area contributed by atoms with Crippen LogP contribution in [0.15, 0.2) is 42.5 Å². The summed E-state index contributed by atoms with van der Waals surface area (Å²) in [6.45, 7) is 0. The molecule has 2 unspecified atom stereocenters. The minimum Gasteiger partial charge on any atom is -0.480 e. The number of carboxylic acid groups (broad SMARTS) is 1. The number of hydrogen-bond acceptors (Lipinski definition) is 5. The van der Waals surface area contributed by atoms with Gasteiger partial charge in [0.25, 0.3) is 0 Å². The van der Waals surface area contributed by atoms with E-state index in [-0.39, 0.29) is 22.5 Å². The lowest BCUT2D eigenvalue weighted by Crippen LogP contribution is -2.59. The van der Waals surface area contributed by atoms with Gasteiger partial charge in [-0.3, -0.25) is 14.4 Å². The van der Waals surface area contributed by atoms with Crippen molar-refractivity contribution in [3.63, 3.8) is 0 Å². The van der Waals surface area contributed by atoms with E-state index in [1.54, 1.807) is 0 Å². The molecule has 2 aromatic rings. The molecule has 31 heavy (non-hydrogen) atoms. The highest BCUT2D eigenvalue weighted by molar-refractivity contribution is 6.48. The molecule has 162 valence electrons. The minimum atomic E-state index is -1.93. The molecule has 4 atom stereocenters. The number of aliphatic carboxylic acids is 1. The average molecular weight is 461 g/mol. The molecule has 1 saturated carbocycles. The fraction of sp³-hybridized carbons (Fsp3) is 0.348. The Labute approximate surface area is 189 Å². The van der Waals surface area contributed by atoms with Crippen LogP contribution in [0.1, 0.15) is 47.5 Å². The Hall–Kier alpha value is -2.41. The maximum Gasteiger partial charge on any atom is 0.324 e. The summed E-state index contributed by atoms with van der Waals surface area (Å²) < 4.78 is 0. The number of benzene rings is 2. The van der Waals surface area contributed by atoms with Gasteiger partial charge in [-0.05, 0) is 48.6 Å². The van der Waals surface area contributed by atoms with E-state index in [0.717, 1.165) is 30.5 Å². The molecule has 2 aromatic carbocycles. The van der Waals surface area contributed by atoms with Gasteiger partial charge in [-0.15, -0.1) is 0 Å². The first-order valence-corrected chi connectivity index (χ1v) is 10.9. The SMILES string of the molecule is NC(CC(=O)C(=O)c1ccc(Cl)cc1Cl)(C(=O)O)C1c2ccccc2N[C@@H]2CCC[C@H]12. The van der Waals surface area contributed by atoms with Crippen molar-refractivity contribution in [2.45, 2.75) is 43.2 Å². The van der Waals surface area contributed by atoms with Crippen LogP contribution in [0.3, 0.4) is 0 Å². The van der Waals surface area contributed by atoms with E-state index in [2.05, 4.69) is 5.32 Å². The highest BCUT2D eigenvalue weighted by Crippen LogP contribution is 2.50. The molecule has 6 nitrogen and oxygen atoms in total. The number of carbonyl (C=O) groups is 3. The van der Waals surface area contributed by atoms with Gasteiger partial charge >= 0.3 is 5.97 Å². The predicted octanol–water partition coefficient (Wildman–Crippen LogP) is 4.30. The molecule has 2 aliphatic rings. The van der Waals surface area contributed by atoms with Crippen LogP contribution < -0.4 is 11.1 Å². The molecule has 0 saturated heterocycles.